The van der Waals surface area contributed by atoms with Crippen molar-refractivity contribution in [1.82, 2.24) is 0 Å². The molecule has 0 aliphatic carbocycles. The van der Waals surface area contributed by atoms with Crippen LogP contribution in [0.5, 0.6) is 5.75 Å². The fourth-order valence-corrected chi connectivity index (χ4v) is 2.81. The summed E-state index contributed by atoms with van der Waals surface area (Å²) in [6, 6.07) is 10.9. The van der Waals surface area contributed by atoms with Crippen LogP contribution in [0.25, 0.3) is 11.0 Å². The summed E-state index contributed by atoms with van der Waals surface area (Å²) in [5, 5.41) is 17.8. The number of rotatable bonds is 4. The van der Waals surface area contributed by atoms with Crippen molar-refractivity contribution in [2.24, 2.45) is 0 Å². The van der Waals surface area contributed by atoms with E-state index >= 15 is 0 Å². The van der Waals surface area contributed by atoms with Gasteiger partial charge in [-0.1, -0.05) is 0 Å². The van der Waals surface area contributed by atoms with E-state index in [2.05, 4.69) is 10.6 Å². The highest BCUT2D eigenvalue weighted by molar-refractivity contribution is 7.80. The molecule has 0 amide bonds. The number of nitrogens with zero attached hydrogens (tertiary/aromatic N) is 1. The Kier molecular flexibility index (Phi) is 5.04. The van der Waals surface area contributed by atoms with Gasteiger partial charge in [0, 0.05) is 29.3 Å². The van der Waals surface area contributed by atoms with Gasteiger partial charge < -0.3 is 19.8 Å². The smallest absolute Gasteiger partial charge is 0.336 e. The number of nitro groups is 1. The average Bonchev–Trinajstić information content (AvgIpc) is 2.61. The minimum Gasteiger partial charge on any atom is -0.494 e. The van der Waals surface area contributed by atoms with E-state index in [1.807, 2.05) is 13.0 Å². The van der Waals surface area contributed by atoms with E-state index in [9.17, 15) is 14.9 Å². The highest BCUT2D eigenvalue weighted by Crippen LogP contribution is 2.29. The number of non-ortho nitro benzene ring substituents is 1. The third-order valence-electron chi connectivity index (χ3n) is 3.85. The second kappa shape index (κ2) is 7.42. The zero-order valence-corrected chi connectivity index (χ0v) is 15.3. The zero-order valence-electron chi connectivity index (χ0n) is 14.4. The number of anilines is 2. The Morgan fingerprint density at radius 2 is 1.96 bits per heavy atom. The highest BCUT2D eigenvalue weighted by Gasteiger charge is 2.12. The third kappa shape index (κ3) is 4.04. The average molecular weight is 385 g/mol. The van der Waals surface area contributed by atoms with E-state index in [0.717, 1.165) is 10.9 Å². The molecule has 0 unspecified atom stereocenters. The molecule has 0 spiro atoms. The quantitative estimate of drug-likeness (QED) is 0.302. The standard InChI is InChI=1S/C18H15N3O5S/c1-10-7-17(22)26-15-8-11(3-5-13(10)15)19-18(27)20-14-6-4-12(21(23)24)9-16(14)25-2/h3-9H,1-2H3,(H2,19,20,27). The number of methoxy groups -OCH3 is 1. The molecule has 3 aromatic rings. The fourth-order valence-electron chi connectivity index (χ4n) is 2.58. The van der Waals surface area contributed by atoms with Gasteiger partial charge in [0.1, 0.15) is 11.3 Å². The second-order valence-electron chi connectivity index (χ2n) is 5.68. The summed E-state index contributed by atoms with van der Waals surface area (Å²) in [7, 11) is 1.41. The predicted octanol–water partition coefficient (Wildman–Crippen LogP) is 3.83. The van der Waals surface area contributed by atoms with Gasteiger partial charge in [-0.25, -0.2) is 4.79 Å². The van der Waals surface area contributed by atoms with E-state index in [4.69, 9.17) is 21.4 Å². The maximum Gasteiger partial charge on any atom is 0.336 e. The highest BCUT2D eigenvalue weighted by atomic mass is 32.1. The van der Waals surface area contributed by atoms with Gasteiger partial charge in [-0.15, -0.1) is 0 Å². The van der Waals surface area contributed by atoms with Crippen molar-refractivity contribution in [2.75, 3.05) is 17.7 Å². The van der Waals surface area contributed by atoms with Gasteiger partial charge in [0.25, 0.3) is 5.69 Å². The van der Waals surface area contributed by atoms with Crippen LogP contribution in [0.3, 0.4) is 0 Å². The molecule has 1 heterocycles. The number of nitro benzene ring substituents is 1. The molecule has 0 aliphatic rings. The van der Waals surface area contributed by atoms with Gasteiger partial charge >= 0.3 is 5.63 Å². The van der Waals surface area contributed by atoms with Crippen molar-refractivity contribution in [1.29, 1.82) is 0 Å². The first-order valence-electron chi connectivity index (χ1n) is 7.82. The minimum atomic E-state index is -0.506. The van der Waals surface area contributed by atoms with E-state index in [-0.39, 0.29) is 16.5 Å². The lowest BCUT2D eigenvalue weighted by atomic mass is 10.1. The summed E-state index contributed by atoms with van der Waals surface area (Å²) < 4.78 is 10.4. The summed E-state index contributed by atoms with van der Waals surface area (Å²) >= 11 is 5.28. The van der Waals surface area contributed by atoms with Crippen molar-refractivity contribution in [3.05, 3.63) is 68.6 Å². The van der Waals surface area contributed by atoms with Crippen LogP contribution in [-0.4, -0.2) is 17.1 Å². The molecule has 0 bridgehead atoms. The normalized spacial score (nSPS) is 10.4. The summed E-state index contributed by atoms with van der Waals surface area (Å²) in [6.45, 7) is 1.83. The first-order chi connectivity index (χ1) is 12.9. The van der Waals surface area contributed by atoms with Gasteiger partial charge in [-0.3, -0.25) is 10.1 Å². The molecule has 0 radical (unpaired) electrons. The van der Waals surface area contributed by atoms with Crippen molar-refractivity contribution in [2.45, 2.75) is 6.92 Å². The molecular weight excluding hydrogens is 370 g/mol. The van der Waals surface area contributed by atoms with Gasteiger partial charge in [-0.05, 0) is 42.9 Å². The van der Waals surface area contributed by atoms with Crippen LogP contribution >= 0.6 is 12.2 Å². The van der Waals surface area contributed by atoms with Crippen LogP contribution in [0.1, 0.15) is 5.56 Å². The van der Waals surface area contributed by atoms with Crippen LogP contribution in [0.2, 0.25) is 0 Å². The Morgan fingerprint density at radius 1 is 1.19 bits per heavy atom. The molecule has 0 saturated carbocycles. The summed E-state index contributed by atoms with van der Waals surface area (Å²) in [4.78, 5) is 21.9. The van der Waals surface area contributed by atoms with Gasteiger partial charge in [0.2, 0.25) is 0 Å². The van der Waals surface area contributed by atoms with E-state index < -0.39 is 10.5 Å². The van der Waals surface area contributed by atoms with Crippen molar-refractivity contribution in [3.8, 4) is 5.75 Å². The van der Waals surface area contributed by atoms with E-state index in [0.29, 0.717) is 17.0 Å². The number of fused-ring (bicyclic) bond motifs is 1. The largest absolute Gasteiger partial charge is 0.494 e. The van der Waals surface area contributed by atoms with Crippen molar-refractivity contribution < 1.29 is 14.1 Å². The lowest BCUT2D eigenvalue weighted by Crippen LogP contribution is -2.19. The third-order valence-corrected chi connectivity index (χ3v) is 4.06. The topological polar surface area (TPSA) is 107 Å². The van der Waals surface area contributed by atoms with Crippen LogP contribution in [0, 0.1) is 17.0 Å². The molecular formula is C18H15N3O5S. The van der Waals surface area contributed by atoms with Gasteiger partial charge in [0.15, 0.2) is 5.11 Å². The SMILES string of the molecule is COc1cc([N+](=O)[O-])ccc1NC(=S)Nc1ccc2c(C)cc(=O)oc2c1. The molecule has 0 atom stereocenters. The monoisotopic (exact) mass is 385 g/mol. The number of aryl methyl sites for hydroxylation is 1. The lowest BCUT2D eigenvalue weighted by molar-refractivity contribution is -0.384. The molecule has 2 aromatic carbocycles. The minimum absolute atomic E-state index is 0.0868. The Balaban J connectivity index is 1.81. The summed E-state index contributed by atoms with van der Waals surface area (Å²) in [5.74, 6) is 0.286. The lowest BCUT2D eigenvalue weighted by Gasteiger charge is -2.13. The van der Waals surface area contributed by atoms with Crippen LogP contribution < -0.4 is 21.0 Å². The number of hydrogen-bond acceptors (Lipinski definition) is 6. The molecule has 138 valence electrons. The first-order valence-corrected chi connectivity index (χ1v) is 8.23. The molecule has 2 N–H and O–H groups in total. The summed E-state index contributed by atoms with van der Waals surface area (Å²) in [5.41, 5.74) is 1.85. The van der Waals surface area contributed by atoms with E-state index in [1.165, 1.54) is 31.4 Å². The second-order valence-corrected chi connectivity index (χ2v) is 6.09. The number of nitrogens with one attached hydrogen (secondary N) is 2. The molecule has 1 aromatic heterocycles. The zero-order chi connectivity index (χ0) is 19.6. The Hall–Kier alpha value is -3.46. The van der Waals surface area contributed by atoms with Gasteiger partial charge in [-0.2, -0.15) is 0 Å². The van der Waals surface area contributed by atoms with Crippen molar-refractivity contribution >= 4 is 45.4 Å². The van der Waals surface area contributed by atoms with Crippen LogP contribution in [0.4, 0.5) is 17.1 Å². The Labute approximate surface area is 158 Å². The summed E-state index contributed by atoms with van der Waals surface area (Å²) in [6.07, 6.45) is 0. The maximum absolute atomic E-state index is 11.5. The van der Waals surface area contributed by atoms with E-state index in [1.54, 1.807) is 12.1 Å². The molecule has 0 saturated heterocycles. The molecule has 3 rings (SSSR count). The number of benzene rings is 2. The molecule has 9 heteroatoms. The Morgan fingerprint density at radius 3 is 2.67 bits per heavy atom. The first kappa shape index (κ1) is 18.3. The Bertz CT molecular complexity index is 1110. The van der Waals surface area contributed by atoms with Crippen molar-refractivity contribution in [3.63, 3.8) is 0 Å². The number of ether oxygens (including phenoxy) is 1. The van der Waals surface area contributed by atoms with Crippen LogP contribution in [-0.2, 0) is 0 Å². The fraction of sp³-hybridized carbons (Fsp3) is 0.111. The predicted molar refractivity (Wildman–Crippen MR) is 107 cm³/mol. The number of hydrogen-bond donors (Lipinski definition) is 2. The number of thiocarbonyl (C=S) groups is 1. The molecule has 8 nitrogen and oxygen atoms in total. The molecule has 0 fully saturated rings. The molecule has 0 aliphatic heterocycles. The van der Waals surface area contributed by atoms with Gasteiger partial charge in [0.05, 0.1) is 23.8 Å². The van der Waals surface area contributed by atoms with Crippen LogP contribution in [0.15, 0.2) is 51.7 Å². The maximum atomic E-state index is 11.5. The molecule has 27 heavy (non-hydrogen) atoms.